The molecule has 0 spiro atoms. The van der Waals surface area contributed by atoms with Crippen molar-refractivity contribution in [3.05, 3.63) is 95.1 Å². The molecule has 38 heavy (non-hydrogen) atoms. The Morgan fingerprint density at radius 1 is 0.816 bits per heavy atom. The Morgan fingerprint density at radius 2 is 1.47 bits per heavy atom. The number of hydrogen-bond donors (Lipinski definition) is 0. The maximum atomic E-state index is 13.0. The number of carbonyl (C=O) groups excluding carboxylic acids is 2. The van der Waals surface area contributed by atoms with Crippen LogP contribution < -0.4 is 8.92 Å². The van der Waals surface area contributed by atoms with Crippen LogP contribution in [0.3, 0.4) is 0 Å². The highest BCUT2D eigenvalue weighted by atomic mass is 32.2. The number of hydrogen-bond acceptors (Lipinski definition) is 8. The van der Waals surface area contributed by atoms with Crippen LogP contribution in [0.1, 0.15) is 38.3 Å². The van der Waals surface area contributed by atoms with Crippen molar-refractivity contribution in [2.75, 3.05) is 13.2 Å². The van der Waals surface area contributed by atoms with Crippen LogP contribution in [0.2, 0.25) is 0 Å². The van der Waals surface area contributed by atoms with Gasteiger partial charge in [-0.1, -0.05) is 30.3 Å². The van der Waals surface area contributed by atoms with Crippen molar-refractivity contribution in [3.8, 4) is 11.5 Å². The van der Waals surface area contributed by atoms with Crippen LogP contribution in [0.5, 0.6) is 11.5 Å². The predicted molar refractivity (Wildman–Crippen MR) is 138 cm³/mol. The Hall–Kier alpha value is -4.28. The number of hydroxylamine groups is 2. The van der Waals surface area contributed by atoms with Crippen molar-refractivity contribution in [1.82, 2.24) is 10.0 Å². The Kier molecular flexibility index (Phi) is 6.83. The molecule has 5 rings (SSSR count). The SMILES string of the molecule is Cc1cc(OCCCON2C(=O)c3ccccc3C2=O)cc(OS(=O)(=O)c2nc3ccccc3cc2C)c1. The smallest absolute Gasteiger partial charge is 0.357 e. The zero-order valence-corrected chi connectivity index (χ0v) is 21.5. The minimum Gasteiger partial charge on any atom is -0.493 e. The molecular formula is C28H24N2O7S. The van der Waals surface area contributed by atoms with E-state index in [9.17, 15) is 18.0 Å². The Labute approximate surface area is 219 Å². The molecule has 1 aliphatic rings. The number of amides is 2. The van der Waals surface area contributed by atoms with Crippen molar-refractivity contribution in [2.24, 2.45) is 0 Å². The Balaban J connectivity index is 1.20. The van der Waals surface area contributed by atoms with E-state index in [2.05, 4.69) is 4.98 Å². The molecule has 3 aromatic carbocycles. The van der Waals surface area contributed by atoms with Gasteiger partial charge in [-0.05, 0) is 61.4 Å². The summed E-state index contributed by atoms with van der Waals surface area (Å²) >= 11 is 0. The number of aryl methyl sites for hydroxylation is 2. The van der Waals surface area contributed by atoms with E-state index in [0.29, 0.717) is 34.4 Å². The van der Waals surface area contributed by atoms with Gasteiger partial charge in [0.1, 0.15) is 11.5 Å². The zero-order valence-electron chi connectivity index (χ0n) is 20.7. The highest BCUT2D eigenvalue weighted by Gasteiger charge is 2.36. The van der Waals surface area contributed by atoms with Crippen LogP contribution in [-0.2, 0) is 15.0 Å². The van der Waals surface area contributed by atoms with Gasteiger partial charge in [-0.15, -0.1) is 5.06 Å². The summed E-state index contributed by atoms with van der Waals surface area (Å²) in [5, 5.41) is 1.45. The van der Waals surface area contributed by atoms with Gasteiger partial charge in [-0.3, -0.25) is 14.4 Å². The van der Waals surface area contributed by atoms with E-state index in [1.807, 2.05) is 12.1 Å². The van der Waals surface area contributed by atoms with Gasteiger partial charge in [0.05, 0.1) is 29.9 Å². The van der Waals surface area contributed by atoms with Crippen molar-refractivity contribution >= 4 is 32.8 Å². The Bertz CT molecular complexity index is 1630. The molecule has 4 aromatic rings. The van der Waals surface area contributed by atoms with Crippen molar-refractivity contribution in [1.29, 1.82) is 0 Å². The van der Waals surface area contributed by atoms with E-state index in [0.717, 1.165) is 16.0 Å². The lowest BCUT2D eigenvalue weighted by Crippen LogP contribution is -2.30. The van der Waals surface area contributed by atoms with E-state index >= 15 is 0 Å². The number of fused-ring (bicyclic) bond motifs is 2. The summed E-state index contributed by atoms with van der Waals surface area (Å²) in [6.07, 6.45) is 0.371. The van der Waals surface area contributed by atoms with Crippen LogP contribution in [-0.4, -0.2) is 43.5 Å². The summed E-state index contributed by atoms with van der Waals surface area (Å²) in [5.41, 5.74) is 2.39. The van der Waals surface area contributed by atoms with Gasteiger partial charge in [0, 0.05) is 17.9 Å². The van der Waals surface area contributed by atoms with Gasteiger partial charge in [0.15, 0.2) is 5.03 Å². The number of para-hydroxylation sites is 1. The second kappa shape index (κ2) is 10.2. The predicted octanol–water partition coefficient (Wildman–Crippen LogP) is 4.62. The van der Waals surface area contributed by atoms with Crippen molar-refractivity contribution < 1.29 is 31.8 Å². The summed E-state index contributed by atoms with van der Waals surface area (Å²) < 4.78 is 37.3. The zero-order chi connectivity index (χ0) is 26.9. The van der Waals surface area contributed by atoms with E-state index in [4.69, 9.17) is 13.8 Å². The molecule has 0 saturated carbocycles. The van der Waals surface area contributed by atoms with Gasteiger partial charge in [-0.2, -0.15) is 8.42 Å². The van der Waals surface area contributed by atoms with Crippen LogP contribution in [0, 0.1) is 13.8 Å². The monoisotopic (exact) mass is 532 g/mol. The van der Waals surface area contributed by atoms with Gasteiger partial charge < -0.3 is 8.92 Å². The number of carbonyl (C=O) groups is 2. The first kappa shape index (κ1) is 25.4. The number of aromatic nitrogens is 1. The first-order valence-electron chi connectivity index (χ1n) is 11.9. The van der Waals surface area contributed by atoms with Crippen LogP contribution in [0.15, 0.2) is 77.8 Å². The first-order valence-corrected chi connectivity index (χ1v) is 13.3. The first-order chi connectivity index (χ1) is 18.2. The highest BCUT2D eigenvalue weighted by Crippen LogP contribution is 2.28. The molecule has 1 aromatic heterocycles. The fourth-order valence-electron chi connectivity index (χ4n) is 4.16. The maximum Gasteiger partial charge on any atom is 0.357 e. The summed E-state index contributed by atoms with van der Waals surface area (Å²) in [6.45, 7) is 3.73. The normalized spacial score (nSPS) is 13.2. The third-order valence-corrected chi connectivity index (χ3v) is 7.17. The fourth-order valence-corrected chi connectivity index (χ4v) is 5.25. The van der Waals surface area contributed by atoms with Gasteiger partial charge in [-0.25, -0.2) is 4.98 Å². The van der Waals surface area contributed by atoms with Gasteiger partial charge in [0.25, 0.3) is 11.8 Å². The molecule has 1 aliphatic heterocycles. The molecule has 0 aliphatic carbocycles. The molecule has 9 nitrogen and oxygen atoms in total. The second-order valence-electron chi connectivity index (χ2n) is 8.81. The van der Waals surface area contributed by atoms with Crippen LogP contribution >= 0.6 is 0 Å². The molecule has 0 atom stereocenters. The summed E-state index contributed by atoms with van der Waals surface area (Å²) in [5.74, 6) is -0.496. The second-order valence-corrected chi connectivity index (χ2v) is 10.3. The standard InChI is InChI=1S/C28H24N2O7S/c1-18-14-21(35-12-7-13-36-30-27(31)23-9-4-5-10-24(23)28(30)32)17-22(15-18)37-38(33,34)26-19(2)16-20-8-3-6-11-25(20)29-26/h3-6,8-11,14-17H,7,12-13H2,1-2H3. The summed E-state index contributed by atoms with van der Waals surface area (Å²) in [6, 6.07) is 20.4. The van der Waals surface area contributed by atoms with Crippen LogP contribution in [0.4, 0.5) is 0 Å². The van der Waals surface area contributed by atoms with Crippen molar-refractivity contribution in [3.63, 3.8) is 0 Å². The topological polar surface area (TPSA) is 112 Å². The third-order valence-electron chi connectivity index (χ3n) is 5.87. The number of imide groups is 1. The largest absolute Gasteiger partial charge is 0.493 e. The number of nitrogens with zero attached hydrogens (tertiary/aromatic N) is 2. The van der Waals surface area contributed by atoms with Gasteiger partial charge in [0.2, 0.25) is 0 Å². The molecule has 0 unspecified atom stereocenters. The molecule has 0 N–H and O–H groups in total. The average Bonchev–Trinajstić information content (AvgIpc) is 3.12. The maximum absolute atomic E-state index is 13.0. The quantitative estimate of drug-likeness (QED) is 0.174. The number of benzene rings is 3. The molecule has 0 bridgehead atoms. The summed E-state index contributed by atoms with van der Waals surface area (Å²) in [4.78, 5) is 34.4. The molecule has 194 valence electrons. The molecule has 2 heterocycles. The molecule has 0 radical (unpaired) electrons. The lowest BCUT2D eigenvalue weighted by Gasteiger charge is -2.14. The minimum absolute atomic E-state index is 0.0714. The molecule has 0 fully saturated rings. The third kappa shape index (κ3) is 5.09. The van der Waals surface area contributed by atoms with E-state index in [-0.39, 0.29) is 24.0 Å². The average molecular weight is 533 g/mol. The van der Waals surface area contributed by atoms with Gasteiger partial charge >= 0.3 is 10.1 Å². The molecule has 10 heteroatoms. The van der Waals surface area contributed by atoms with E-state index in [1.165, 1.54) is 6.07 Å². The fraction of sp³-hybridized carbons (Fsp3) is 0.179. The molecule has 0 saturated heterocycles. The number of ether oxygens (including phenoxy) is 1. The number of rotatable bonds is 9. The van der Waals surface area contributed by atoms with Crippen LogP contribution in [0.25, 0.3) is 10.9 Å². The van der Waals surface area contributed by atoms with E-state index < -0.39 is 21.9 Å². The lowest BCUT2D eigenvalue weighted by atomic mass is 10.1. The molecule has 2 amide bonds. The minimum atomic E-state index is -4.20. The van der Waals surface area contributed by atoms with E-state index in [1.54, 1.807) is 68.4 Å². The number of pyridine rings is 1. The van der Waals surface area contributed by atoms with Crippen molar-refractivity contribution in [2.45, 2.75) is 25.3 Å². The molecular weight excluding hydrogens is 508 g/mol. The summed E-state index contributed by atoms with van der Waals surface area (Å²) in [7, 11) is -4.20. The lowest BCUT2D eigenvalue weighted by molar-refractivity contribution is -0.0935. The Morgan fingerprint density at radius 3 is 2.21 bits per heavy atom. The highest BCUT2D eigenvalue weighted by molar-refractivity contribution is 7.87.